The number of carbonyl (C=O) groups excluding carboxylic acids is 1. The predicted octanol–water partition coefficient (Wildman–Crippen LogP) is 3.52. The van der Waals surface area contributed by atoms with Crippen molar-refractivity contribution < 1.29 is 59.4 Å². The number of fused-ring (bicyclic) bond motifs is 2. The monoisotopic (exact) mass is 655 g/mol. The van der Waals surface area contributed by atoms with E-state index >= 15 is 0 Å². The molecule has 1 saturated heterocycles. The molecule has 0 aromatic carbocycles. The number of amides is 1. The lowest BCUT2D eigenvalue weighted by Crippen LogP contribution is -2.41. The molecule has 20 heteroatoms. The molecule has 1 atom stereocenters. The number of hydrogen-bond acceptors (Lipinski definition) is 8. The van der Waals surface area contributed by atoms with Crippen LogP contribution in [0.1, 0.15) is 12.1 Å². The van der Waals surface area contributed by atoms with Crippen LogP contribution in [0.25, 0.3) is 21.1 Å². The Morgan fingerprint density at radius 1 is 1.07 bits per heavy atom. The molecule has 0 unspecified atom stereocenters. The second-order valence-corrected chi connectivity index (χ2v) is 11.6. The highest BCUT2D eigenvalue weighted by atomic mass is 32.2. The number of aromatic amines is 1. The van der Waals surface area contributed by atoms with Crippen LogP contribution in [0.5, 0.6) is 0 Å². The zero-order valence-electron chi connectivity index (χ0n) is 21.2. The Balaban J connectivity index is 0.000000303. The van der Waals surface area contributed by atoms with Crippen LogP contribution in [0, 0.1) is 0 Å². The van der Waals surface area contributed by atoms with E-state index in [0.717, 1.165) is 32.6 Å². The highest BCUT2D eigenvalue weighted by molar-refractivity contribution is 7.91. The Labute approximate surface area is 241 Å². The summed E-state index contributed by atoms with van der Waals surface area (Å²) in [5, 5.41) is 15.3. The smallest absolute Gasteiger partial charge is 0.475 e. The van der Waals surface area contributed by atoms with Crippen molar-refractivity contribution in [1.29, 1.82) is 0 Å². The Kier molecular flexibility index (Phi) is 9.97. The number of hydrogen-bond donors (Lipinski definition) is 4. The third kappa shape index (κ3) is 8.85. The van der Waals surface area contributed by atoms with Crippen molar-refractivity contribution in [2.24, 2.45) is 0 Å². The molecule has 43 heavy (non-hydrogen) atoms. The molecule has 4 aromatic heterocycles. The van der Waals surface area contributed by atoms with Crippen molar-refractivity contribution in [3.05, 3.63) is 54.6 Å². The van der Waals surface area contributed by atoms with Gasteiger partial charge < -0.3 is 20.1 Å². The fourth-order valence-corrected chi connectivity index (χ4v) is 6.13. The molecule has 4 aromatic rings. The SMILES string of the molecule is O=C(O)C(F)(F)F.O=C(O)C(F)(F)F.O=C1[C@@H](NS(=O)(=O)c2cc3ncccc3s2)CCN1Cc1cc2ccncc2[nH]1. The number of H-pyrrole nitrogens is 1. The van der Waals surface area contributed by atoms with Gasteiger partial charge >= 0.3 is 24.3 Å². The van der Waals surface area contributed by atoms with E-state index in [1.54, 1.807) is 29.6 Å². The fourth-order valence-electron chi connectivity index (χ4n) is 3.55. The highest BCUT2D eigenvalue weighted by Crippen LogP contribution is 2.28. The number of sulfonamides is 1. The molecule has 1 aliphatic rings. The maximum atomic E-state index is 12.8. The Bertz CT molecular complexity index is 1650. The van der Waals surface area contributed by atoms with Crippen LogP contribution < -0.4 is 4.72 Å². The summed E-state index contributed by atoms with van der Waals surface area (Å²) < 4.78 is 92.5. The summed E-state index contributed by atoms with van der Waals surface area (Å²) in [5.41, 5.74) is 2.43. The summed E-state index contributed by atoms with van der Waals surface area (Å²) in [5.74, 6) is -5.73. The van der Waals surface area contributed by atoms with Gasteiger partial charge in [0.15, 0.2) is 0 Å². The summed E-state index contributed by atoms with van der Waals surface area (Å²) in [6.07, 6.45) is -4.66. The van der Waals surface area contributed by atoms with E-state index in [1.165, 1.54) is 6.07 Å². The minimum Gasteiger partial charge on any atom is -0.475 e. The number of halogens is 6. The average Bonchev–Trinajstić information content (AvgIpc) is 3.61. The van der Waals surface area contributed by atoms with Gasteiger partial charge in [0.1, 0.15) is 10.3 Å². The van der Waals surface area contributed by atoms with E-state index in [0.29, 0.717) is 25.0 Å². The molecule has 1 fully saturated rings. The van der Waals surface area contributed by atoms with Crippen LogP contribution in [0.15, 0.2) is 53.1 Å². The average molecular weight is 656 g/mol. The maximum absolute atomic E-state index is 12.8. The van der Waals surface area contributed by atoms with Crippen molar-refractivity contribution in [1.82, 2.24) is 24.6 Å². The molecule has 5 heterocycles. The predicted molar refractivity (Wildman–Crippen MR) is 137 cm³/mol. The molecule has 4 N–H and O–H groups in total. The minimum atomic E-state index is -5.08. The number of alkyl halides is 6. The highest BCUT2D eigenvalue weighted by Gasteiger charge is 2.39. The summed E-state index contributed by atoms with van der Waals surface area (Å²) >= 11 is 1.15. The van der Waals surface area contributed by atoms with Gasteiger partial charge in [-0.25, -0.2) is 18.0 Å². The van der Waals surface area contributed by atoms with Crippen LogP contribution >= 0.6 is 11.3 Å². The lowest BCUT2D eigenvalue weighted by atomic mass is 10.3. The largest absolute Gasteiger partial charge is 0.490 e. The van der Waals surface area contributed by atoms with Gasteiger partial charge in [0.05, 0.1) is 28.5 Å². The van der Waals surface area contributed by atoms with Crippen molar-refractivity contribution in [2.45, 2.75) is 35.6 Å². The van der Waals surface area contributed by atoms with E-state index < -0.39 is 40.4 Å². The van der Waals surface area contributed by atoms with Crippen LogP contribution in [0.4, 0.5) is 26.3 Å². The number of rotatable bonds is 5. The van der Waals surface area contributed by atoms with E-state index in [2.05, 4.69) is 19.7 Å². The minimum absolute atomic E-state index is 0.167. The van der Waals surface area contributed by atoms with Gasteiger partial charge in [-0.05, 0) is 36.8 Å². The van der Waals surface area contributed by atoms with Crippen LogP contribution in [-0.4, -0.2) is 81.3 Å². The first kappa shape index (κ1) is 33.2. The number of carbonyl (C=O) groups is 3. The zero-order valence-corrected chi connectivity index (χ0v) is 22.8. The van der Waals surface area contributed by atoms with Gasteiger partial charge in [-0.2, -0.15) is 31.1 Å². The number of thiophene rings is 1. The van der Waals surface area contributed by atoms with E-state index in [-0.39, 0.29) is 10.1 Å². The standard InChI is InChI=1S/C19H17N5O3S2.2C2HF3O2/c25-19-14(23-29(26,27)18-9-15-17(28-18)2-1-5-21-15)4-7-24(19)11-13-8-12-3-6-20-10-16(12)22-13;2*3-2(4,5)1(6)7/h1-3,5-6,8-10,14,22-23H,4,7,11H2;2*(H,6,7)/t14-;;/m0../s1. The lowest BCUT2D eigenvalue weighted by molar-refractivity contribution is -0.193. The van der Waals surface area contributed by atoms with Gasteiger partial charge in [0.25, 0.3) is 10.0 Å². The topological polar surface area (TPSA) is 183 Å². The van der Waals surface area contributed by atoms with E-state index in [9.17, 15) is 39.6 Å². The van der Waals surface area contributed by atoms with Crippen molar-refractivity contribution in [3.63, 3.8) is 0 Å². The Morgan fingerprint density at radius 2 is 1.70 bits per heavy atom. The maximum Gasteiger partial charge on any atom is 0.490 e. The van der Waals surface area contributed by atoms with Crippen LogP contribution in [0.3, 0.4) is 0 Å². The van der Waals surface area contributed by atoms with Gasteiger partial charge in [0.2, 0.25) is 5.91 Å². The summed E-state index contributed by atoms with van der Waals surface area (Å²) in [6, 6.07) is 8.25. The van der Waals surface area contributed by atoms with E-state index in [1.807, 2.05) is 18.2 Å². The Hall–Kier alpha value is -4.30. The number of pyridine rings is 2. The van der Waals surface area contributed by atoms with Gasteiger partial charge in [-0.15, -0.1) is 11.3 Å². The zero-order chi connectivity index (χ0) is 32.2. The molecule has 0 saturated carbocycles. The second-order valence-electron chi connectivity index (χ2n) is 8.54. The summed E-state index contributed by atoms with van der Waals surface area (Å²) in [4.78, 5) is 43.7. The normalized spacial score (nSPS) is 15.5. The van der Waals surface area contributed by atoms with Crippen molar-refractivity contribution in [3.8, 4) is 0 Å². The molecular weight excluding hydrogens is 636 g/mol. The number of nitrogens with one attached hydrogen (secondary N) is 2. The molecular formula is C23H19F6N5O7S2. The van der Waals surface area contributed by atoms with Crippen LogP contribution in [0.2, 0.25) is 0 Å². The number of carboxylic acids is 2. The number of likely N-dealkylation sites (tertiary alicyclic amines) is 1. The number of carboxylic acid groups (broad SMARTS) is 2. The molecule has 1 amide bonds. The molecule has 5 rings (SSSR count). The van der Waals surface area contributed by atoms with Crippen molar-refractivity contribution >= 4 is 60.3 Å². The third-order valence-corrected chi connectivity index (χ3v) is 8.49. The molecule has 0 spiro atoms. The first-order chi connectivity index (χ1) is 19.9. The van der Waals surface area contributed by atoms with Gasteiger partial charge in [0, 0.05) is 30.0 Å². The molecule has 232 valence electrons. The van der Waals surface area contributed by atoms with Gasteiger partial charge in [-0.1, -0.05) is 0 Å². The third-order valence-electron chi connectivity index (χ3n) is 5.45. The summed E-state index contributed by atoms with van der Waals surface area (Å²) in [7, 11) is -3.79. The molecule has 0 bridgehead atoms. The second kappa shape index (κ2) is 12.9. The first-order valence-electron chi connectivity index (χ1n) is 11.6. The number of aromatic nitrogens is 3. The van der Waals surface area contributed by atoms with Gasteiger partial charge in [-0.3, -0.25) is 14.8 Å². The molecule has 0 aliphatic carbocycles. The van der Waals surface area contributed by atoms with Crippen molar-refractivity contribution in [2.75, 3.05) is 6.54 Å². The Morgan fingerprint density at radius 3 is 2.26 bits per heavy atom. The molecule has 1 aliphatic heterocycles. The molecule has 0 radical (unpaired) electrons. The number of nitrogens with zero attached hydrogens (tertiary/aromatic N) is 3. The fraction of sp³-hybridized carbons (Fsp3) is 0.261. The van der Waals surface area contributed by atoms with Crippen LogP contribution in [-0.2, 0) is 31.0 Å². The lowest BCUT2D eigenvalue weighted by Gasteiger charge is -2.16. The first-order valence-corrected chi connectivity index (χ1v) is 13.9. The van der Waals surface area contributed by atoms with E-state index in [4.69, 9.17) is 19.8 Å². The quantitative estimate of drug-likeness (QED) is 0.234. The summed E-state index contributed by atoms with van der Waals surface area (Å²) in [6.45, 7) is 0.895. The molecule has 12 nitrogen and oxygen atoms in total. The number of aliphatic carboxylic acids is 2.